The number of anilines is 1. The summed E-state index contributed by atoms with van der Waals surface area (Å²) in [6.45, 7) is 0. The summed E-state index contributed by atoms with van der Waals surface area (Å²) >= 11 is 3.29. The normalized spacial score (nSPS) is 13.2. The Labute approximate surface area is 128 Å². The second-order valence-corrected chi connectivity index (χ2v) is 5.60. The number of benzene rings is 2. The molecule has 21 heavy (non-hydrogen) atoms. The summed E-state index contributed by atoms with van der Waals surface area (Å²) in [4.78, 5) is 0. The number of nitrogens with two attached hydrogens (primary N) is 1. The molecule has 0 fully saturated rings. The molecule has 3 N–H and O–H groups in total. The Morgan fingerprint density at radius 1 is 1.10 bits per heavy atom. The van der Waals surface area contributed by atoms with Gasteiger partial charge in [-0.2, -0.15) is 13.2 Å². The van der Waals surface area contributed by atoms with E-state index >= 15 is 0 Å². The van der Waals surface area contributed by atoms with Gasteiger partial charge in [-0.15, -0.1) is 0 Å². The zero-order valence-electron chi connectivity index (χ0n) is 10.9. The first-order valence-corrected chi connectivity index (χ1v) is 6.96. The second kappa shape index (κ2) is 6.07. The van der Waals surface area contributed by atoms with E-state index in [1.54, 1.807) is 18.2 Å². The molecule has 0 aliphatic rings. The van der Waals surface area contributed by atoms with Crippen LogP contribution in [0.25, 0.3) is 0 Å². The first-order chi connectivity index (χ1) is 9.77. The van der Waals surface area contributed by atoms with Crippen molar-refractivity contribution in [1.82, 2.24) is 0 Å². The van der Waals surface area contributed by atoms with Crippen molar-refractivity contribution in [3.63, 3.8) is 0 Å². The summed E-state index contributed by atoms with van der Waals surface area (Å²) < 4.78 is 38.2. The number of aliphatic hydroxyl groups excluding tert-OH is 1. The Morgan fingerprint density at radius 2 is 1.71 bits per heavy atom. The molecular weight excluding hydrogens is 347 g/mol. The van der Waals surface area contributed by atoms with Gasteiger partial charge in [0.25, 0.3) is 0 Å². The highest BCUT2D eigenvalue weighted by Crippen LogP contribution is 2.31. The number of hydrogen-bond acceptors (Lipinski definition) is 2. The molecule has 112 valence electrons. The SMILES string of the molecule is Nc1ccc(Br)cc1C(O)Cc1ccc(C(F)(F)F)cc1. The summed E-state index contributed by atoms with van der Waals surface area (Å²) in [6.07, 6.45) is -5.04. The van der Waals surface area contributed by atoms with Crippen molar-refractivity contribution in [2.45, 2.75) is 18.7 Å². The van der Waals surface area contributed by atoms with Crippen molar-refractivity contribution in [2.75, 3.05) is 5.73 Å². The topological polar surface area (TPSA) is 46.2 Å². The number of rotatable bonds is 3. The van der Waals surface area contributed by atoms with Gasteiger partial charge in [-0.25, -0.2) is 0 Å². The van der Waals surface area contributed by atoms with E-state index in [1.165, 1.54) is 12.1 Å². The fourth-order valence-corrected chi connectivity index (χ4v) is 2.38. The molecule has 6 heteroatoms. The molecule has 2 nitrogen and oxygen atoms in total. The number of nitrogen functional groups attached to an aromatic ring is 1. The van der Waals surface area contributed by atoms with Gasteiger partial charge in [0.2, 0.25) is 0 Å². The quantitative estimate of drug-likeness (QED) is 0.801. The van der Waals surface area contributed by atoms with Crippen LogP contribution < -0.4 is 5.73 Å². The molecule has 1 unspecified atom stereocenters. The molecule has 0 aromatic heterocycles. The molecule has 1 atom stereocenters. The van der Waals surface area contributed by atoms with Crippen LogP contribution in [-0.2, 0) is 12.6 Å². The zero-order chi connectivity index (χ0) is 15.6. The Morgan fingerprint density at radius 3 is 2.29 bits per heavy atom. The first kappa shape index (κ1) is 15.9. The summed E-state index contributed by atoms with van der Waals surface area (Å²) in [5, 5.41) is 10.2. The first-order valence-electron chi connectivity index (χ1n) is 6.16. The van der Waals surface area contributed by atoms with E-state index in [9.17, 15) is 18.3 Å². The van der Waals surface area contributed by atoms with Crippen LogP contribution in [0.1, 0.15) is 22.8 Å². The van der Waals surface area contributed by atoms with Crippen molar-refractivity contribution in [3.05, 3.63) is 63.6 Å². The van der Waals surface area contributed by atoms with Gasteiger partial charge in [0, 0.05) is 22.1 Å². The molecule has 2 rings (SSSR count). The third kappa shape index (κ3) is 3.98. The molecule has 0 bridgehead atoms. The van der Waals surface area contributed by atoms with E-state index < -0.39 is 17.8 Å². The molecule has 0 aliphatic carbocycles. The van der Waals surface area contributed by atoms with Gasteiger partial charge in [0.1, 0.15) is 0 Å². The molecular formula is C15H13BrF3NO. The van der Waals surface area contributed by atoms with Gasteiger partial charge in [0.15, 0.2) is 0 Å². The number of halogens is 4. The van der Waals surface area contributed by atoms with Gasteiger partial charge in [0.05, 0.1) is 11.7 Å². The molecule has 0 amide bonds. The minimum Gasteiger partial charge on any atom is -0.398 e. The van der Waals surface area contributed by atoms with E-state index in [0.717, 1.165) is 16.6 Å². The number of alkyl halides is 3. The molecule has 2 aromatic rings. The van der Waals surface area contributed by atoms with Crippen LogP contribution in [0.3, 0.4) is 0 Å². The number of aliphatic hydroxyl groups is 1. The van der Waals surface area contributed by atoms with Crippen molar-refractivity contribution in [3.8, 4) is 0 Å². The minimum absolute atomic E-state index is 0.193. The monoisotopic (exact) mass is 359 g/mol. The molecule has 0 aliphatic heterocycles. The van der Waals surface area contributed by atoms with Gasteiger partial charge in [-0.1, -0.05) is 28.1 Å². The van der Waals surface area contributed by atoms with E-state index in [2.05, 4.69) is 15.9 Å². The Hall–Kier alpha value is -1.53. The highest BCUT2D eigenvalue weighted by atomic mass is 79.9. The van der Waals surface area contributed by atoms with Gasteiger partial charge >= 0.3 is 6.18 Å². The van der Waals surface area contributed by atoms with Gasteiger partial charge in [-0.05, 0) is 35.9 Å². The van der Waals surface area contributed by atoms with Crippen molar-refractivity contribution in [1.29, 1.82) is 0 Å². The summed E-state index contributed by atoms with van der Waals surface area (Å²) in [5.74, 6) is 0. The lowest BCUT2D eigenvalue weighted by Gasteiger charge is -2.14. The third-order valence-corrected chi connectivity index (χ3v) is 3.61. The van der Waals surface area contributed by atoms with Crippen molar-refractivity contribution < 1.29 is 18.3 Å². The predicted molar refractivity (Wildman–Crippen MR) is 78.7 cm³/mol. The fraction of sp³-hybridized carbons (Fsp3) is 0.200. The van der Waals surface area contributed by atoms with Crippen LogP contribution in [-0.4, -0.2) is 5.11 Å². The lowest BCUT2D eigenvalue weighted by Crippen LogP contribution is -2.07. The number of hydrogen-bond donors (Lipinski definition) is 2. The molecule has 0 radical (unpaired) electrons. The highest BCUT2D eigenvalue weighted by molar-refractivity contribution is 9.10. The van der Waals surface area contributed by atoms with Crippen LogP contribution in [0.2, 0.25) is 0 Å². The summed E-state index contributed by atoms with van der Waals surface area (Å²) in [5.41, 5.74) is 6.68. The molecule has 0 heterocycles. The lowest BCUT2D eigenvalue weighted by atomic mass is 9.99. The smallest absolute Gasteiger partial charge is 0.398 e. The lowest BCUT2D eigenvalue weighted by molar-refractivity contribution is -0.137. The largest absolute Gasteiger partial charge is 0.416 e. The second-order valence-electron chi connectivity index (χ2n) is 4.69. The van der Waals surface area contributed by atoms with Gasteiger partial charge in [-0.3, -0.25) is 0 Å². The van der Waals surface area contributed by atoms with Crippen LogP contribution in [0.15, 0.2) is 46.9 Å². The van der Waals surface area contributed by atoms with E-state index in [0.29, 0.717) is 16.8 Å². The van der Waals surface area contributed by atoms with E-state index in [1.807, 2.05) is 0 Å². The van der Waals surface area contributed by atoms with Crippen LogP contribution in [0.5, 0.6) is 0 Å². The maximum atomic E-state index is 12.5. The van der Waals surface area contributed by atoms with Crippen LogP contribution in [0.4, 0.5) is 18.9 Å². The maximum Gasteiger partial charge on any atom is 0.416 e. The minimum atomic E-state index is -4.36. The Bertz CT molecular complexity index is 626. The molecule has 0 saturated carbocycles. The van der Waals surface area contributed by atoms with Crippen LogP contribution in [0, 0.1) is 0 Å². The Kier molecular flexibility index (Phi) is 4.58. The third-order valence-electron chi connectivity index (χ3n) is 3.12. The zero-order valence-corrected chi connectivity index (χ0v) is 12.4. The Balaban J connectivity index is 2.16. The average molecular weight is 360 g/mol. The molecule has 0 spiro atoms. The van der Waals surface area contributed by atoms with E-state index in [-0.39, 0.29) is 6.42 Å². The summed E-state index contributed by atoms with van der Waals surface area (Å²) in [7, 11) is 0. The standard InChI is InChI=1S/C15H13BrF3NO/c16-11-5-6-13(20)12(8-11)14(21)7-9-1-3-10(4-2-9)15(17,18)19/h1-6,8,14,21H,7,20H2. The summed E-state index contributed by atoms with van der Waals surface area (Å²) in [6, 6.07) is 9.85. The van der Waals surface area contributed by atoms with Gasteiger partial charge < -0.3 is 10.8 Å². The maximum absolute atomic E-state index is 12.5. The molecule has 0 saturated heterocycles. The molecule has 2 aromatic carbocycles. The van der Waals surface area contributed by atoms with Crippen molar-refractivity contribution >= 4 is 21.6 Å². The van der Waals surface area contributed by atoms with Crippen LogP contribution >= 0.6 is 15.9 Å². The average Bonchev–Trinajstić information content (AvgIpc) is 2.41. The highest BCUT2D eigenvalue weighted by Gasteiger charge is 2.30. The fourth-order valence-electron chi connectivity index (χ4n) is 2.00. The van der Waals surface area contributed by atoms with E-state index in [4.69, 9.17) is 5.73 Å². The predicted octanol–water partition coefficient (Wildman–Crippen LogP) is 4.33. The van der Waals surface area contributed by atoms with Crippen molar-refractivity contribution in [2.24, 2.45) is 0 Å².